The quantitative estimate of drug-likeness (QED) is 0.597. The first-order valence-corrected chi connectivity index (χ1v) is 12.3. The highest BCUT2D eigenvalue weighted by Crippen LogP contribution is 2.24. The van der Waals surface area contributed by atoms with Crippen LogP contribution in [0.2, 0.25) is 0 Å². The molecule has 0 spiro atoms. The second-order valence-corrected chi connectivity index (χ2v) is 10.1. The molecule has 2 aromatic carbocycles. The van der Waals surface area contributed by atoms with Crippen LogP contribution in [-0.4, -0.2) is 48.0 Å². The summed E-state index contributed by atoms with van der Waals surface area (Å²) in [5, 5.41) is 7.37. The van der Waals surface area contributed by atoms with Crippen LogP contribution in [0.4, 0.5) is 0 Å². The number of rotatable bonds is 7. The van der Waals surface area contributed by atoms with Gasteiger partial charge in [-0.05, 0) is 56.0 Å². The van der Waals surface area contributed by atoms with Gasteiger partial charge in [-0.15, -0.1) is 0 Å². The first-order chi connectivity index (χ1) is 15.4. The van der Waals surface area contributed by atoms with Crippen molar-refractivity contribution in [3.63, 3.8) is 0 Å². The van der Waals surface area contributed by atoms with E-state index in [2.05, 4.69) is 10.4 Å². The number of benzene rings is 2. The zero-order valence-electron chi connectivity index (χ0n) is 18.1. The number of nitrogens with zero attached hydrogens (tertiary/aromatic N) is 3. The zero-order chi connectivity index (χ0) is 22.6. The molecule has 1 amide bonds. The standard InChI is InChI=1S/C24H28N4O3S/c1-19-7-9-23(10-8-19)32(30,31)27-15-12-21(13-16-27)24(29)25-14-11-20-17-26-28(18-20)22-5-3-2-4-6-22/h2-10,17-18,21H,11-16H2,1H3,(H,25,29). The lowest BCUT2D eigenvalue weighted by Crippen LogP contribution is -2.43. The van der Waals surface area contributed by atoms with Gasteiger partial charge in [0, 0.05) is 31.7 Å². The predicted octanol–water partition coefficient (Wildman–Crippen LogP) is 2.94. The fourth-order valence-electron chi connectivity index (χ4n) is 3.90. The molecule has 1 aliphatic heterocycles. The van der Waals surface area contributed by atoms with Crippen LogP contribution < -0.4 is 5.32 Å². The third kappa shape index (κ3) is 5.08. The summed E-state index contributed by atoms with van der Waals surface area (Å²) < 4.78 is 29.0. The van der Waals surface area contributed by atoms with Crippen LogP contribution in [-0.2, 0) is 21.2 Å². The molecule has 8 heteroatoms. The van der Waals surface area contributed by atoms with Gasteiger partial charge in [0.25, 0.3) is 0 Å². The zero-order valence-corrected chi connectivity index (χ0v) is 19.0. The fraction of sp³-hybridized carbons (Fsp3) is 0.333. The molecule has 3 aromatic rings. The van der Waals surface area contributed by atoms with Crippen molar-refractivity contribution in [2.75, 3.05) is 19.6 Å². The highest BCUT2D eigenvalue weighted by atomic mass is 32.2. The first-order valence-electron chi connectivity index (χ1n) is 10.9. The number of aromatic nitrogens is 2. The van der Waals surface area contributed by atoms with E-state index in [0.29, 0.717) is 43.8 Å². The molecule has 0 bridgehead atoms. The number of sulfonamides is 1. The molecule has 1 saturated heterocycles. The molecule has 1 aliphatic rings. The average Bonchev–Trinajstić information content (AvgIpc) is 3.29. The maximum atomic E-state index is 12.8. The van der Waals surface area contributed by atoms with Crippen molar-refractivity contribution in [2.45, 2.75) is 31.1 Å². The second kappa shape index (κ2) is 9.67. The summed E-state index contributed by atoms with van der Waals surface area (Å²) in [6.45, 7) is 3.17. The van der Waals surface area contributed by atoms with Crippen LogP contribution in [0.25, 0.3) is 5.69 Å². The summed E-state index contributed by atoms with van der Waals surface area (Å²) >= 11 is 0. The van der Waals surface area contributed by atoms with Gasteiger partial charge in [0.2, 0.25) is 15.9 Å². The molecule has 32 heavy (non-hydrogen) atoms. The van der Waals surface area contributed by atoms with Gasteiger partial charge in [0.15, 0.2) is 0 Å². The lowest BCUT2D eigenvalue weighted by Gasteiger charge is -2.30. The Bertz CT molecular complexity index is 1150. The summed E-state index contributed by atoms with van der Waals surface area (Å²) in [4.78, 5) is 12.9. The maximum absolute atomic E-state index is 12.8. The van der Waals surface area contributed by atoms with E-state index >= 15 is 0 Å². The van der Waals surface area contributed by atoms with Gasteiger partial charge in [-0.1, -0.05) is 35.9 Å². The van der Waals surface area contributed by atoms with Crippen LogP contribution >= 0.6 is 0 Å². The Kier molecular flexibility index (Phi) is 6.72. The number of carbonyl (C=O) groups is 1. The minimum absolute atomic E-state index is 0.00663. The Morgan fingerprint density at radius 3 is 2.44 bits per heavy atom. The van der Waals surface area contributed by atoms with Gasteiger partial charge in [0.1, 0.15) is 0 Å². The smallest absolute Gasteiger partial charge is 0.243 e. The molecule has 1 fully saturated rings. The lowest BCUT2D eigenvalue weighted by atomic mass is 9.97. The molecule has 0 aliphatic carbocycles. The van der Waals surface area contributed by atoms with Crippen molar-refractivity contribution in [1.29, 1.82) is 0 Å². The van der Waals surface area contributed by atoms with Gasteiger partial charge in [-0.3, -0.25) is 4.79 Å². The minimum Gasteiger partial charge on any atom is -0.356 e. The molecule has 4 rings (SSSR count). The second-order valence-electron chi connectivity index (χ2n) is 8.16. The van der Waals surface area contributed by atoms with Crippen LogP contribution in [0.15, 0.2) is 71.9 Å². The summed E-state index contributed by atoms with van der Waals surface area (Å²) in [7, 11) is -3.51. The van der Waals surface area contributed by atoms with Crippen LogP contribution in [0, 0.1) is 12.8 Å². The van der Waals surface area contributed by atoms with Crippen LogP contribution in [0.3, 0.4) is 0 Å². The highest BCUT2D eigenvalue weighted by Gasteiger charge is 2.31. The lowest BCUT2D eigenvalue weighted by molar-refractivity contribution is -0.126. The van der Waals surface area contributed by atoms with E-state index in [9.17, 15) is 13.2 Å². The van der Waals surface area contributed by atoms with Gasteiger partial charge in [-0.25, -0.2) is 13.1 Å². The normalized spacial score (nSPS) is 15.5. The molecule has 1 N–H and O–H groups in total. The Balaban J connectivity index is 1.24. The van der Waals surface area contributed by atoms with Gasteiger partial charge in [-0.2, -0.15) is 9.40 Å². The van der Waals surface area contributed by atoms with Crippen molar-refractivity contribution in [3.8, 4) is 5.69 Å². The van der Waals surface area contributed by atoms with E-state index in [1.165, 1.54) is 4.31 Å². The molecule has 0 unspecified atom stereocenters. The first kappa shape index (κ1) is 22.2. The van der Waals surface area contributed by atoms with Crippen LogP contribution in [0.1, 0.15) is 24.0 Å². The van der Waals surface area contributed by atoms with Crippen LogP contribution in [0.5, 0.6) is 0 Å². The molecular formula is C24H28N4O3S. The van der Waals surface area contributed by atoms with Crippen molar-refractivity contribution < 1.29 is 13.2 Å². The molecule has 2 heterocycles. The third-order valence-corrected chi connectivity index (χ3v) is 7.77. The Morgan fingerprint density at radius 1 is 1.06 bits per heavy atom. The number of amides is 1. The number of hydrogen-bond acceptors (Lipinski definition) is 4. The largest absolute Gasteiger partial charge is 0.356 e. The van der Waals surface area contributed by atoms with Gasteiger partial charge < -0.3 is 5.32 Å². The SMILES string of the molecule is Cc1ccc(S(=O)(=O)N2CCC(C(=O)NCCc3cnn(-c4ccccc4)c3)CC2)cc1. The summed E-state index contributed by atoms with van der Waals surface area (Å²) in [6.07, 6.45) is 5.54. The van der Waals surface area contributed by atoms with E-state index in [1.54, 1.807) is 24.3 Å². The molecule has 168 valence electrons. The van der Waals surface area contributed by atoms with Gasteiger partial charge >= 0.3 is 0 Å². The van der Waals surface area contributed by atoms with E-state index in [4.69, 9.17) is 0 Å². The Morgan fingerprint density at radius 2 is 1.75 bits per heavy atom. The van der Waals surface area contributed by atoms with Crippen molar-refractivity contribution in [3.05, 3.63) is 78.1 Å². The number of nitrogens with one attached hydrogen (secondary N) is 1. The Hall–Kier alpha value is -2.97. The molecule has 0 atom stereocenters. The van der Waals surface area contributed by atoms with Crippen molar-refractivity contribution in [1.82, 2.24) is 19.4 Å². The molecule has 0 saturated carbocycles. The van der Waals surface area contributed by atoms with E-state index in [0.717, 1.165) is 16.8 Å². The van der Waals surface area contributed by atoms with Gasteiger partial charge in [0.05, 0.1) is 16.8 Å². The third-order valence-electron chi connectivity index (χ3n) is 5.85. The Labute approximate surface area is 189 Å². The van der Waals surface area contributed by atoms with E-state index in [1.807, 2.05) is 54.3 Å². The number of aryl methyl sites for hydroxylation is 1. The summed E-state index contributed by atoms with van der Waals surface area (Å²) in [5.41, 5.74) is 3.06. The van der Waals surface area contributed by atoms with Crippen molar-refractivity contribution in [2.24, 2.45) is 5.92 Å². The van der Waals surface area contributed by atoms with E-state index in [-0.39, 0.29) is 11.8 Å². The number of piperidine rings is 1. The number of hydrogen-bond donors (Lipinski definition) is 1. The number of para-hydroxylation sites is 1. The minimum atomic E-state index is -3.51. The summed E-state index contributed by atoms with van der Waals surface area (Å²) in [6, 6.07) is 16.8. The fourth-order valence-corrected chi connectivity index (χ4v) is 5.37. The maximum Gasteiger partial charge on any atom is 0.243 e. The van der Waals surface area contributed by atoms with Crippen molar-refractivity contribution >= 4 is 15.9 Å². The highest BCUT2D eigenvalue weighted by molar-refractivity contribution is 7.89. The number of carbonyl (C=O) groups excluding carboxylic acids is 1. The molecule has 1 aromatic heterocycles. The molecule has 7 nitrogen and oxygen atoms in total. The molecule has 0 radical (unpaired) electrons. The average molecular weight is 453 g/mol. The van der Waals surface area contributed by atoms with E-state index < -0.39 is 10.0 Å². The monoisotopic (exact) mass is 452 g/mol. The summed E-state index contributed by atoms with van der Waals surface area (Å²) in [5.74, 6) is -0.167. The predicted molar refractivity (Wildman–Crippen MR) is 123 cm³/mol. The topological polar surface area (TPSA) is 84.3 Å². The molecular weight excluding hydrogens is 424 g/mol.